The monoisotopic (exact) mass is 426 g/mol. The van der Waals surface area contributed by atoms with E-state index >= 15 is 0 Å². The Labute approximate surface area is 185 Å². The van der Waals surface area contributed by atoms with Gasteiger partial charge in [-0.05, 0) is 41.0 Å². The lowest BCUT2D eigenvalue weighted by molar-refractivity contribution is 1.23. The van der Waals surface area contributed by atoms with Gasteiger partial charge in [0, 0.05) is 32.3 Å². The van der Waals surface area contributed by atoms with Crippen LogP contribution in [0.2, 0.25) is 10.0 Å². The molecule has 0 atom stereocenters. The lowest BCUT2D eigenvalue weighted by Crippen LogP contribution is -1.95. The largest absolute Gasteiger partial charge is 0.159 e. The molecule has 4 aromatic carbocycles. The van der Waals surface area contributed by atoms with Gasteiger partial charge in [-0.2, -0.15) is 10.2 Å². The summed E-state index contributed by atoms with van der Waals surface area (Å²) in [6.07, 6.45) is 3.69. The molecule has 0 radical (unpaired) electrons. The van der Waals surface area contributed by atoms with Gasteiger partial charge < -0.3 is 0 Å². The normalized spacial score (nSPS) is 12.1. The fourth-order valence-electron chi connectivity index (χ4n) is 3.87. The third-order valence-corrected chi connectivity index (χ3v) is 5.87. The van der Waals surface area contributed by atoms with Crippen LogP contribution in [-0.4, -0.2) is 0 Å². The fraction of sp³-hybridized carbons (Fsp3) is 0. The topological polar surface area (TPSA) is 24.7 Å². The molecule has 0 aromatic heterocycles. The van der Waals surface area contributed by atoms with Crippen molar-refractivity contribution >= 4 is 35.0 Å². The van der Waals surface area contributed by atoms with Gasteiger partial charge in [0.25, 0.3) is 0 Å². The van der Waals surface area contributed by atoms with Gasteiger partial charge in [0.1, 0.15) is 0 Å². The molecule has 0 amide bonds. The predicted molar refractivity (Wildman–Crippen MR) is 126 cm³/mol. The van der Waals surface area contributed by atoms with E-state index in [0.717, 1.165) is 44.6 Å². The molecule has 4 aromatic rings. The van der Waals surface area contributed by atoms with Crippen LogP contribution in [0.25, 0.3) is 39.5 Å². The molecule has 30 heavy (non-hydrogen) atoms. The molecule has 4 heteroatoms. The molecule has 0 aliphatic carbocycles. The molecule has 144 valence electrons. The number of nitrogens with zero attached hydrogens (tertiary/aromatic N) is 2. The zero-order valence-electron chi connectivity index (χ0n) is 15.9. The van der Waals surface area contributed by atoms with Crippen molar-refractivity contribution in [1.29, 1.82) is 0 Å². The van der Waals surface area contributed by atoms with Crippen LogP contribution in [0.5, 0.6) is 0 Å². The van der Waals surface area contributed by atoms with Crippen LogP contribution < -0.4 is 0 Å². The smallest absolute Gasteiger partial charge is 0.0942 e. The van der Waals surface area contributed by atoms with Crippen LogP contribution in [-0.2, 0) is 0 Å². The Kier molecular flexibility index (Phi) is 4.96. The molecular weight excluding hydrogens is 411 g/mol. The van der Waals surface area contributed by atoms with Gasteiger partial charge >= 0.3 is 0 Å². The second-order valence-corrected chi connectivity index (χ2v) is 7.77. The minimum Gasteiger partial charge on any atom is -0.159 e. The van der Waals surface area contributed by atoms with E-state index in [2.05, 4.69) is 22.4 Å². The molecule has 0 N–H and O–H groups in total. The van der Waals surface area contributed by atoms with Gasteiger partial charge in [-0.3, -0.25) is 0 Å². The van der Waals surface area contributed by atoms with Crippen molar-refractivity contribution in [2.75, 3.05) is 0 Å². The van der Waals surface area contributed by atoms with E-state index in [1.807, 2.05) is 78.9 Å². The van der Waals surface area contributed by atoms with Crippen molar-refractivity contribution in [2.24, 2.45) is 10.2 Å². The lowest BCUT2D eigenvalue weighted by Gasteiger charge is -2.21. The maximum atomic E-state index is 6.70. The van der Waals surface area contributed by atoms with Crippen LogP contribution >= 0.6 is 23.2 Å². The maximum Gasteiger partial charge on any atom is 0.0942 e. The van der Waals surface area contributed by atoms with E-state index < -0.39 is 0 Å². The zero-order chi connectivity index (χ0) is 20.5. The lowest BCUT2D eigenvalue weighted by atomic mass is 9.85. The molecule has 1 aliphatic heterocycles. The van der Waals surface area contributed by atoms with E-state index in [1.165, 1.54) is 0 Å². The number of halogens is 2. The van der Waals surface area contributed by atoms with Gasteiger partial charge in [-0.1, -0.05) is 89.9 Å². The first-order chi connectivity index (χ1) is 14.7. The summed E-state index contributed by atoms with van der Waals surface area (Å²) in [6, 6.07) is 28.0. The van der Waals surface area contributed by atoms with Gasteiger partial charge in [0.2, 0.25) is 0 Å². The second kappa shape index (κ2) is 7.91. The maximum absolute atomic E-state index is 6.70. The SMILES string of the molecule is Clc1ccccc1-c1ccc2c(c1-c1ccccc1Cl)-c1ccccc1C=CN=N2. The summed E-state index contributed by atoms with van der Waals surface area (Å²) in [5.74, 6) is 0. The highest BCUT2D eigenvalue weighted by molar-refractivity contribution is 6.35. The highest BCUT2D eigenvalue weighted by Crippen LogP contribution is 2.49. The Morgan fingerprint density at radius 2 is 1.17 bits per heavy atom. The summed E-state index contributed by atoms with van der Waals surface area (Å²) in [6.45, 7) is 0. The zero-order valence-corrected chi connectivity index (χ0v) is 17.4. The Morgan fingerprint density at radius 3 is 1.90 bits per heavy atom. The Bertz CT molecular complexity index is 1320. The quantitative estimate of drug-likeness (QED) is 0.305. The van der Waals surface area contributed by atoms with Crippen LogP contribution in [0, 0.1) is 0 Å². The summed E-state index contributed by atoms with van der Waals surface area (Å²) in [5, 5.41) is 10.1. The summed E-state index contributed by atoms with van der Waals surface area (Å²) in [7, 11) is 0. The summed E-state index contributed by atoms with van der Waals surface area (Å²) < 4.78 is 0. The third-order valence-electron chi connectivity index (χ3n) is 5.21. The average molecular weight is 427 g/mol. The number of hydrogen-bond acceptors (Lipinski definition) is 2. The van der Waals surface area contributed by atoms with Gasteiger partial charge in [-0.15, -0.1) is 0 Å². The summed E-state index contributed by atoms with van der Waals surface area (Å²) in [5.41, 5.74) is 7.80. The molecule has 0 saturated heterocycles. The molecule has 0 unspecified atom stereocenters. The van der Waals surface area contributed by atoms with Crippen molar-refractivity contribution in [3.05, 3.63) is 107 Å². The summed E-state index contributed by atoms with van der Waals surface area (Å²) in [4.78, 5) is 0. The fourth-order valence-corrected chi connectivity index (χ4v) is 4.34. The van der Waals surface area contributed by atoms with Gasteiger partial charge in [0.15, 0.2) is 0 Å². The molecule has 0 bridgehead atoms. The molecule has 0 spiro atoms. The van der Waals surface area contributed by atoms with Crippen molar-refractivity contribution in [1.82, 2.24) is 0 Å². The second-order valence-electron chi connectivity index (χ2n) is 6.96. The average Bonchev–Trinajstić information content (AvgIpc) is 2.76. The number of fused-ring (bicyclic) bond motifs is 3. The summed E-state index contributed by atoms with van der Waals surface area (Å²) >= 11 is 13.3. The van der Waals surface area contributed by atoms with E-state index in [9.17, 15) is 0 Å². The van der Waals surface area contributed by atoms with Gasteiger partial charge in [0.05, 0.1) is 11.9 Å². The van der Waals surface area contributed by atoms with Gasteiger partial charge in [-0.25, -0.2) is 0 Å². The minimum absolute atomic E-state index is 0.672. The molecular formula is C26H16Cl2N2. The van der Waals surface area contributed by atoms with Crippen LogP contribution in [0.1, 0.15) is 5.56 Å². The molecule has 1 heterocycles. The Morgan fingerprint density at radius 1 is 0.533 bits per heavy atom. The highest BCUT2D eigenvalue weighted by Gasteiger charge is 2.22. The van der Waals surface area contributed by atoms with E-state index in [1.54, 1.807) is 6.20 Å². The first-order valence-electron chi connectivity index (χ1n) is 9.57. The van der Waals surface area contributed by atoms with Crippen LogP contribution in [0.15, 0.2) is 101 Å². The third kappa shape index (κ3) is 3.24. The predicted octanol–water partition coefficient (Wildman–Crippen LogP) is 9.06. The molecule has 0 saturated carbocycles. The number of hydrogen-bond donors (Lipinski definition) is 0. The number of azo groups is 1. The Balaban J connectivity index is 1.96. The molecule has 0 fully saturated rings. The van der Waals surface area contributed by atoms with Crippen molar-refractivity contribution < 1.29 is 0 Å². The minimum atomic E-state index is 0.672. The van der Waals surface area contributed by atoms with Crippen LogP contribution in [0.4, 0.5) is 5.69 Å². The highest BCUT2D eigenvalue weighted by atomic mass is 35.5. The van der Waals surface area contributed by atoms with Crippen molar-refractivity contribution in [3.8, 4) is 33.4 Å². The first kappa shape index (κ1) is 18.8. The van der Waals surface area contributed by atoms with Crippen LogP contribution in [0.3, 0.4) is 0 Å². The van der Waals surface area contributed by atoms with E-state index in [4.69, 9.17) is 23.2 Å². The van der Waals surface area contributed by atoms with Crippen molar-refractivity contribution in [3.63, 3.8) is 0 Å². The standard InChI is InChI=1S/C26H16Cl2N2/c27-22-11-5-3-9-19(22)20-13-14-24-26(25(20)21-10-4-6-12-23(21)28)18-8-2-1-7-17(18)15-16-29-30-24/h1-16H. The number of benzene rings is 4. The molecule has 1 aliphatic rings. The first-order valence-corrected chi connectivity index (χ1v) is 10.3. The van der Waals surface area contributed by atoms with E-state index in [0.29, 0.717) is 10.0 Å². The molecule has 2 nitrogen and oxygen atoms in total. The van der Waals surface area contributed by atoms with Crippen molar-refractivity contribution in [2.45, 2.75) is 0 Å². The van der Waals surface area contributed by atoms with E-state index in [-0.39, 0.29) is 0 Å². The molecule has 5 rings (SSSR count). The Hall–Kier alpha value is -3.20. The number of rotatable bonds is 2.